The standard InChI is InChI=1S/2C19H23N3O.C13H19N3O.C6H6/c2*1-11(20)15-16(12-7-5-4-6-8-12)17-13(22-18(15)21)9-19(2,3)10-14(17)23;1-7(14)8-4-9-10(16-12(8)15)5-13(2,3)6-11(9)17;1-2-4-6-5-3-1/h2*4-8,16H,9-10,20H2,1-3H3,(H2,21,22);4-6,14H2,1-3H3,(H2,15,16);1-6H/b2*15-11-;8-7-;. The van der Waals surface area contributed by atoms with Crippen LogP contribution in [0.15, 0.2) is 180 Å². The number of ketones is 3. The average Bonchev–Trinajstić information content (AvgIpc) is 3.25. The first-order valence-corrected chi connectivity index (χ1v) is 23.7. The normalized spacial score (nSPS) is 24.4. The van der Waals surface area contributed by atoms with Gasteiger partial charge in [0.15, 0.2) is 17.3 Å². The highest BCUT2D eigenvalue weighted by atomic mass is 16.1. The number of nitrogens with zero attached hydrogens (tertiary/aromatic N) is 3. The fourth-order valence-electron chi connectivity index (χ4n) is 10.1. The van der Waals surface area contributed by atoms with Gasteiger partial charge in [-0.3, -0.25) is 14.4 Å². The van der Waals surface area contributed by atoms with Gasteiger partial charge >= 0.3 is 0 Å². The fourth-order valence-corrected chi connectivity index (χ4v) is 10.1. The molecule has 12 heteroatoms. The van der Waals surface area contributed by atoms with Crippen LogP contribution >= 0.6 is 0 Å². The number of benzene rings is 3. The van der Waals surface area contributed by atoms with E-state index in [0.29, 0.717) is 60.3 Å². The van der Waals surface area contributed by atoms with Crippen molar-refractivity contribution in [3.63, 3.8) is 0 Å². The molecule has 0 saturated carbocycles. The fraction of sp³-hybridized carbons (Fsp3) is 0.368. The minimum absolute atomic E-state index is 0.0152. The zero-order chi connectivity index (χ0) is 50.6. The van der Waals surface area contributed by atoms with Crippen molar-refractivity contribution in [3.8, 4) is 0 Å². The molecule has 0 spiro atoms. The predicted octanol–water partition coefficient (Wildman–Crippen LogP) is 9.34. The number of amidine groups is 3. The molecule has 3 aliphatic heterocycles. The summed E-state index contributed by atoms with van der Waals surface area (Å²) in [4.78, 5) is 51.3. The molecule has 12 nitrogen and oxygen atoms in total. The van der Waals surface area contributed by atoms with Crippen molar-refractivity contribution in [1.29, 1.82) is 0 Å². The summed E-state index contributed by atoms with van der Waals surface area (Å²) < 4.78 is 0. The molecule has 0 saturated heterocycles. The molecule has 0 radical (unpaired) electrons. The first-order valence-electron chi connectivity index (χ1n) is 23.7. The van der Waals surface area contributed by atoms with Crippen LogP contribution in [0.5, 0.6) is 0 Å². The van der Waals surface area contributed by atoms with Gasteiger partial charge in [-0.2, -0.15) is 0 Å². The molecule has 0 aromatic heterocycles. The number of Topliss-reactive ketones (excluding diaryl/α,β-unsaturated/α-hetero) is 3. The topological polar surface area (TPSA) is 244 Å². The first-order chi connectivity index (χ1) is 32.4. The second-order valence-electron chi connectivity index (χ2n) is 21.3. The van der Waals surface area contributed by atoms with Gasteiger partial charge in [0.2, 0.25) is 0 Å². The van der Waals surface area contributed by atoms with Crippen LogP contribution in [0, 0.1) is 16.2 Å². The lowest BCUT2D eigenvalue weighted by Crippen LogP contribution is -2.35. The lowest BCUT2D eigenvalue weighted by molar-refractivity contribution is -0.119. The summed E-state index contributed by atoms with van der Waals surface area (Å²) in [5.41, 5.74) is 47.2. The molecular weight excluding hydrogens is 859 g/mol. The molecule has 3 aliphatic carbocycles. The molecule has 12 N–H and O–H groups in total. The van der Waals surface area contributed by atoms with Gasteiger partial charge in [0.05, 0.1) is 17.1 Å². The largest absolute Gasteiger partial charge is 0.402 e. The summed E-state index contributed by atoms with van der Waals surface area (Å²) >= 11 is 0. The summed E-state index contributed by atoms with van der Waals surface area (Å²) in [5.74, 6) is 1.40. The van der Waals surface area contributed by atoms with Crippen molar-refractivity contribution in [2.24, 2.45) is 65.6 Å². The monoisotopic (exact) mass is 930 g/mol. The lowest BCUT2D eigenvalue weighted by atomic mass is 9.69. The SMILES string of the molecule is C/C(N)=C1/C(N)=NC2=C(C(=O)CC(C)(C)C2)C1c1ccccc1.C/C(N)=C1/C(N)=NC2=C(C(=O)CC(C)(C)C2)C1c1ccccc1.C/C(N)=C1\CC2=C(CC(C)(C)CC2=O)N=C1N.c1ccccc1. The van der Waals surface area contributed by atoms with Gasteiger partial charge < -0.3 is 34.4 Å². The Labute approximate surface area is 408 Å². The smallest absolute Gasteiger partial charge is 0.162 e. The second-order valence-corrected chi connectivity index (χ2v) is 21.3. The summed E-state index contributed by atoms with van der Waals surface area (Å²) in [5, 5.41) is 0. The molecule has 6 aliphatic rings. The molecule has 3 aromatic carbocycles. The Hall–Kier alpha value is -7.08. The van der Waals surface area contributed by atoms with Crippen molar-refractivity contribution in [3.05, 3.63) is 176 Å². The Kier molecular flexibility index (Phi) is 15.4. The average molecular weight is 930 g/mol. The molecule has 362 valence electrons. The van der Waals surface area contributed by atoms with Crippen LogP contribution in [0.25, 0.3) is 0 Å². The number of nitrogens with two attached hydrogens (primary N) is 6. The summed E-state index contributed by atoms with van der Waals surface area (Å²) in [6, 6.07) is 31.9. The van der Waals surface area contributed by atoms with Crippen LogP contribution in [0.4, 0.5) is 0 Å². The third kappa shape index (κ3) is 12.0. The van der Waals surface area contributed by atoms with Crippen LogP contribution in [0.2, 0.25) is 0 Å². The second kappa shape index (κ2) is 20.6. The van der Waals surface area contributed by atoms with Gasteiger partial charge in [-0.15, -0.1) is 0 Å². The van der Waals surface area contributed by atoms with Crippen molar-refractivity contribution in [2.45, 2.75) is 119 Å². The van der Waals surface area contributed by atoms with E-state index in [4.69, 9.17) is 34.4 Å². The molecule has 2 unspecified atom stereocenters. The highest BCUT2D eigenvalue weighted by Gasteiger charge is 2.43. The number of carbonyl (C=O) groups is 3. The van der Waals surface area contributed by atoms with Gasteiger partial charge in [-0.05, 0) is 67.4 Å². The van der Waals surface area contributed by atoms with Crippen molar-refractivity contribution < 1.29 is 14.4 Å². The number of allylic oxidation sites excluding steroid dienone is 9. The van der Waals surface area contributed by atoms with E-state index in [-0.39, 0.29) is 45.4 Å². The van der Waals surface area contributed by atoms with E-state index >= 15 is 0 Å². The maximum absolute atomic E-state index is 12.9. The molecule has 9 rings (SSSR count). The molecular formula is C57H71N9O3. The van der Waals surface area contributed by atoms with Gasteiger partial charge in [0.1, 0.15) is 17.5 Å². The third-order valence-electron chi connectivity index (χ3n) is 13.2. The number of hydrogen-bond donors (Lipinski definition) is 6. The predicted molar refractivity (Wildman–Crippen MR) is 280 cm³/mol. The molecule has 2 atom stereocenters. The molecule has 3 heterocycles. The van der Waals surface area contributed by atoms with E-state index < -0.39 is 0 Å². The van der Waals surface area contributed by atoms with E-state index in [1.807, 2.05) is 111 Å². The minimum atomic E-state index is -0.211. The lowest BCUT2D eigenvalue weighted by Gasteiger charge is -2.37. The van der Waals surface area contributed by atoms with Crippen molar-refractivity contribution >= 4 is 34.9 Å². The number of aliphatic imine (C=N–C) groups is 3. The number of rotatable bonds is 2. The Morgan fingerprint density at radius 3 is 1.12 bits per heavy atom. The zero-order valence-electron chi connectivity index (χ0n) is 41.9. The Bertz CT molecular complexity index is 2630. The minimum Gasteiger partial charge on any atom is -0.402 e. The molecule has 0 amide bonds. The van der Waals surface area contributed by atoms with Crippen molar-refractivity contribution in [2.75, 3.05) is 0 Å². The molecule has 69 heavy (non-hydrogen) atoms. The van der Waals surface area contributed by atoms with E-state index in [1.165, 1.54) is 0 Å². The van der Waals surface area contributed by atoms with Crippen LogP contribution < -0.4 is 34.4 Å². The summed E-state index contributed by atoms with van der Waals surface area (Å²) in [6.07, 6.45) is 4.51. The number of hydrogen-bond acceptors (Lipinski definition) is 12. The van der Waals surface area contributed by atoms with E-state index in [1.54, 1.807) is 6.92 Å². The third-order valence-corrected chi connectivity index (χ3v) is 13.2. The van der Waals surface area contributed by atoms with Gasteiger partial charge in [-0.25, -0.2) is 15.0 Å². The van der Waals surface area contributed by atoms with E-state index in [2.05, 4.69) is 56.5 Å². The maximum Gasteiger partial charge on any atom is 0.162 e. The Morgan fingerprint density at radius 2 is 0.768 bits per heavy atom. The highest BCUT2D eigenvalue weighted by Crippen LogP contribution is 2.49. The van der Waals surface area contributed by atoms with Gasteiger partial charge in [0, 0.05) is 88.0 Å². The van der Waals surface area contributed by atoms with E-state index in [0.717, 1.165) is 80.9 Å². The number of carbonyl (C=O) groups excluding carboxylic acids is 3. The van der Waals surface area contributed by atoms with Crippen molar-refractivity contribution in [1.82, 2.24) is 0 Å². The Balaban J connectivity index is 0.000000162. The maximum atomic E-state index is 12.9. The van der Waals surface area contributed by atoms with Gasteiger partial charge in [-0.1, -0.05) is 139 Å². The summed E-state index contributed by atoms with van der Waals surface area (Å²) in [7, 11) is 0. The van der Waals surface area contributed by atoms with Gasteiger partial charge in [0.25, 0.3) is 0 Å². The zero-order valence-corrected chi connectivity index (χ0v) is 41.9. The molecule has 0 fully saturated rings. The van der Waals surface area contributed by atoms with Crippen LogP contribution in [-0.4, -0.2) is 34.9 Å². The summed E-state index contributed by atoms with van der Waals surface area (Å²) in [6.45, 7) is 18.0. The van der Waals surface area contributed by atoms with Crippen LogP contribution in [0.3, 0.4) is 0 Å². The Morgan fingerprint density at radius 1 is 0.449 bits per heavy atom. The highest BCUT2D eigenvalue weighted by molar-refractivity contribution is 6.10. The first kappa shape index (κ1) is 51.3. The quantitative estimate of drug-likeness (QED) is 0.143. The van der Waals surface area contributed by atoms with E-state index in [9.17, 15) is 14.4 Å². The molecule has 3 aromatic rings. The molecule has 0 bridgehead atoms. The van der Waals surface area contributed by atoms with Crippen LogP contribution in [0.1, 0.15) is 130 Å². The van der Waals surface area contributed by atoms with Crippen LogP contribution in [-0.2, 0) is 14.4 Å².